The molecule has 1 aliphatic rings. The number of nitrogens with one attached hydrogen (secondary N) is 1. The number of hydrogen-bond donors (Lipinski definition) is 1. The predicted octanol–water partition coefficient (Wildman–Crippen LogP) is 3.66. The molecule has 4 aromatic rings. The Kier molecular flexibility index (Phi) is 3.67. The van der Waals surface area contributed by atoms with Crippen LogP contribution in [0.2, 0.25) is 0 Å². The fraction of sp³-hybridized carbons (Fsp3) is 0.227. The van der Waals surface area contributed by atoms with Crippen molar-refractivity contribution in [3.8, 4) is 0 Å². The maximum Gasteiger partial charge on any atom is 0.161 e. The van der Waals surface area contributed by atoms with E-state index in [1.807, 2.05) is 13.1 Å². The van der Waals surface area contributed by atoms with E-state index < -0.39 is 0 Å². The Labute approximate surface area is 158 Å². The summed E-state index contributed by atoms with van der Waals surface area (Å²) in [4.78, 5) is 11.5. The first-order valence-electron chi connectivity index (χ1n) is 9.26. The molecule has 2 aromatic carbocycles. The van der Waals surface area contributed by atoms with E-state index in [0.29, 0.717) is 0 Å². The lowest BCUT2D eigenvalue weighted by Crippen LogP contribution is -2.61. The number of H-pyrrole nitrogens is 1. The smallest absolute Gasteiger partial charge is 0.161 e. The molecular weight excluding hydrogens is 334 g/mol. The fourth-order valence-electron chi connectivity index (χ4n) is 4.18. The van der Waals surface area contributed by atoms with Gasteiger partial charge in [-0.2, -0.15) is 5.10 Å². The third-order valence-electron chi connectivity index (χ3n) is 5.46. The van der Waals surface area contributed by atoms with Crippen molar-refractivity contribution in [2.24, 2.45) is 0 Å². The summed E-state index contributed by atoms with van der Waals surface area (Å²) in [6.45, 7) is 3.79. The highest BCUT2D eigenvalue weighted by atomic mass is 15.3. The predicted molar refractivity (Wildman–Crippen MR) is 107 cm³/mol. The van der Waals surface area contributed by atoms with Crippen molar-refractivity contribution in [2.75, 3.05) is 18.0 Å². The summed E-state index contributed by atoms with van der Waals surface area (Å²) in [5, 5.41) is 8.11. The lowest BCUT2D eigenvalue weighted by molar-refractivity contribution is 0.325. The average Bonchev–Trinajstić information content (AvgIpc) is 3.14. The molecule has 0 amide bonds. The van der Waals surface area contributed by atoms with Crippen LogP contribution in [0.1, 0.15) is 17.0 Å². The molecule has 5 rings (SSSR count). The molecule has 0 unspecified atom stereocenters. The normalized spacial score (nSPS) is 15.7. The maximum atomic E-state index is 4.72. The second-order valence-electron chi connectivity index (χ2n) is 7.39. The van der Waals surface area contributed by atoms with Crippen LogP contribution >= 0.6 is 0 Å². The Morgan fingerprint density at radius 1 is 0.963 bits per heavy atom. The first-order chi connectivity index (χ1) is 13.2. The zero-order valence-electron chi connectivity index (χ0n) is 15.3. The second-order valence-corrected chi connectivity index (χ2v) is 7.39. The SMILES string of the molecule is Cc1nc(N2CC(Cc3ccccc3)(c3ccccc3)C2)c2cn[nH]c2n1. The van der Waals surface area contributed by atoms with Crippen LogP contribution < -0.4 is 4.90 Å². The molecule has 1 saturated heterocycles. The van der Waals surface area contributed by atoms with Gasteiger partial charge in [0.25, 0.3) is 0 Å². The average molecular weight is 355 g/mol. The van der Waals surface area contributed by atoms with E-state index in [4.69, 9.17) is 4.98 Å². The van der Waals surface area contributed by atoms with E-state index in [1.54, 1.807) is 0 Å². The molecule has 0 spiro atoms. The van der Waals surface area contributed by atoms with Gasteiger partial charge in [-0.05, 0) is 24.5 Å². The second kappa shape index (κ2) is 6.20. The largest absolute Gasteiger partial charge is 0.354 e. The molecule has 3 heterocycles. The highest BCUT2D eigenvalue weighted by molar-refractivity contribution is 5.87. The standard InChI is InChI=1S/C22H21N5/c1-16-24-20-19(13-23-26-20)21(25-16)27-14-22(15-27,18-10-6-3-7-11-18)12-17-8-4-2-5-9-17/h2-11,13H,12,14-15H2,1H3,(H,23,24,25,26). The summed E-state index contributed by atoms with van der Waals surface area (Å²) >= 11 is 0. The monoisotopic (exact) mass is 355 g/mol. The van der Waals surface area contributed by atoms with Gasteiger partial charge in [0.2, 0.25) is 0 Å². The van der Waals surface area contributed by atoms with E-state index in [-0.39, 0.29) is 5.41 Å². The number of rotatable bonds is 4. The summed E-state index contributed by atoms with van der Waals surface area (Å²) in [6.07, 6.45) is 2.84. The number of fused-ring (bicyclic) bond motifs is 1. The number of aromatic amines is 1. The summed E-state index contributed by atoms with van der Waals surface area (Å²) in [7, 11) is 0. The van der Waals surface area contributed by atoms with Gasteiger partial charge >= 0.3 is 0 Å². The Bertz CT molecular complexity index is 1070. The molecule has 0 saturated carbocycles. The summed E-state index contributed by atoms with van der Waals surface area (Å²) < 4.78 is 0. The van der Waals surface area contributed by atoms with Gasteiger partial charge in [-0.1, -0.05) is 60.7 Å². The lowest BCUT2D eigenvalue weighted by atomic mass is 9.69. The first kappa shape index (κ1) is 16.0. The van der Waals surface area contributed by atoms with Crippen molar-refractivity contribution in [3.05, 3.63) is 83.8 Å². The molecule has 0 atom stereocenters. The number of aryl methyl sites for hydroxylation is 1. The Balaban J connectivity index is 1.51. The molecule has 1 N–H and O–H groups in total. The van der Waals surface area contributed by atoms with Crippen molar-refractivity contribution in [1.29, 1.82) is 0 Å². The van der Waals surface area contributed by atoms with E-state index in [9.17, 15) is 0 Å². The minimum Gasteiger partial charge on any atom is -0.354 e. The van der Waals surface area contributed by atoms with Gasteiger partial charge in [-0.25, -0.2) is 9.97 Å². The van der Waals surface area contributed by atoms with Gasteiger partial charge in [-0.15, -0.1) is 0 Å². The van der Waals surface area contributed by atoms with Crippen molar-refractivity contribution < 1.29 is 0 Å². The van der Waals surface area contributed by atoms with Crippen LogP contribution in [0.15, 0.2) is 66.9 Å². The molecule has 0 bridgehead atoms. The highest BCUT2D eigenvalue weighted by Gasteiger charge is 2.45. The first-order valence-corrected chi connectivity index (χ1v) is 9.26. The minimum atomic E-state index is 0.0948. The topological polar surface area (TPSA) is 57.7 Å². The van der Waals surface area contributed by atoms with Crippen LogP contribution in [-0.4, -0.2) is 33.3 Å². The Hall–Kier alpha value is -3.21. The minimum absolute atomic E-state index is 0.0948. The summed E-state index contributed by atoms with van der Waals surface area (Å²) in [5.74, 6) is 1.74. The van der Waals surface area contributed by atoms with Crippen LogP contribution in [0.5, 0.6) is 0 Å². The molecule has 0 radical (unpaired) electrons. The molecule has 5 heteroatoms. The van der Waals surface area contributed by atoms with Gasteiger partial charge < -0.3 is 4.90 Å². The van der Waals surface area contributed by atoms with Crippen LogP contribution in [0.3, 0.4) is 0 Å². The van der Waals surface area contributed by atoms with Crippen molar-refractivity contribution in [1.82, 2.24) is 20.2 Å². The zero-order valence-corrected chi connectivity index (χ0v) is 15.3. The molecular formula is C22H21N5. The van der Waals surface area contributed by atoms with Gasteiger partial charge in [0.15, 0.2) is 5.65 Å². The molecule has 1 aliphatic heterocycles. The van der Waals surface area contributed by atoms with Gasteiger partial charge in [0, 0.05) is 18.5 Å². The van der Waals surface area contributed by atoms with E-state index in [2.05, 4.69) is 80.7 Å². The zero-order chi connectivity index (χ0) is 18.3. The number of anilines is 1. The molecule has 0 aliphatic carbocycles. The maximum absolute atomic E-state index is 4.72. The summed E-state index contributed by atoms with van der Waals surface area (Å²) in [6, 6.07) is 21.6. The third kappa shape index (κ3) is 2.76. The lowest BCUT2D eigenvalue weighted by Gasteiger charge is -2.51. The molecule has 27 heavy (non-hydrogen) atoms. The quantitative estimate of drug-likeness (QED) is 0.607. The van der Waals surface area contributed by atoms with Crippen LogP contribution in [0.4, 0.5) is 5.82 Å². The molecule has 2 aromatic heterocycles. The Morgan fingerprint density at radius 3 is 2.41 bits per heavy atom. The van der Waals surface area contributed by atoms with Crippen molar-refractivity contribution >= 4 is 16.9 Å². The highest BCUT2D eigenvalue weighted by Crippen LogP contribution is 2.41. The van der Waals surface area contributed by atoms with Crippen molar-refractivity contribution in [2.45, 2.75) is 18.8 Å². The number of aromatic nitrogens is 4. The molecule has 1 fully saturated rings. The van der Waals surface area contributed by atoms with Crippen LogP contribution in [0, 0.1) is 6.92 Å². The molecule has 134 valence electrons. The fourth-order valence-corrected chi connectivity index (χ4v) is 4.18. The van der Waals surface area contributed by atoms with E-state index in [1.165, 1.54) is 11.1 Å². The third-order valence-corrected chi connectivity index (χ3v) is 5.46. The number of hydrogen-bond acceptors (Lipinski definition) is 4. The van der Waals surface area contributed by atoms with Gasteiger partial charge in [0.1, 0.15) is 11.6 Å². The van der Waals surface area contributed by atoms with Crippen molar-refractivity contribution in [3.63, 3.8) is 0 Å². The van der Waals surface area contributed by atoms with Crippen LogP contribution in [0.25, 0.3) is 11.0 Å². The van der Waals surface area contributed by atoms with Crippen LogP contribution in [-0.2, 0) is 11.8 Å². The van der Waals surface area contributed by atoms with E-state index in [0.717, 1.165) is 42.2 Å². The number of benzene rings is 2. The van der Waals surface area contributed by atoms with Gasteiger partial charge in [0.05, 0.1) is 11.6 Å². The number of nitrogens with zero attached hydrogens (tertiary/aromatic N) is 4. The molecule has 5 nitrogen and oxygen atoms in total. The summed E-state index contributed by atoms with van der Waals surface area (Å²) in [5.41, 5.74) is 3.66. The Morgan fingerprint density at radius 2 is 1.67 bits per heavy atom. The van der Waals surface area contributed by atoms with Gasteiger partial charge in [-0.3, -0.25) is 5.10 Å². The van der Waals surface area contributed by atoms with E-state index >= 15 is 0 Å².